The van der Waals surface area contributed by atoms with E-state index in [9.17, 15) is 0 Å². The highest BCUT2D eigenvalue weighted by atomic mass is 32.1. The summed E-state index contributed by atoms with van der Waals surface area (Å²) in [5.41, 5.74) is 10.7. The Balaban J connectivity index is 1.63. The molecule has 1 aliphatic rings. The molecule has 0 bridgehead atoms. The Kier molecular flexibility index (Phi) is 4.94. The van der Waals surface area contributed by atoms with Gasteiger partial charge in [0, 0.05) is 44.0 Å². The minimum absolute atomic E-state index is 0.485. The molecule has 0 radical (unpaired) electrons. The average molecular weight is 325 g/mol. The van der Waals surface area contributed by atoms with Crippen LogP contribution in [0.3, 0.4) is 0 Å². The normalized spacial score (nSPS) is 15.6. The fourth-order valence-electron chi connectivity index (χ4n) is 3.13. The highest BCUT2D eigenvalue weighted by Crippen LogP contribution is 2.19. The van der Waals surface area contributed by atoms with E-state index < -0.39 is 0 Å². The molecular weight excluding hydrogens is 302 g/mol. The van der Waals surface area contributed by atoms with Gasteiger partial charge in [0.25, 0.3) is 0 Å². The number of rotatable bonds is 4. The molecule has 1 saturated heterocycles. The van der Waals surface area contributed by atoms with Crippen molar-refractivity contribution < 1.29 is 0 Å². The molecule has 0 atom stereocenters. The van der Waals surface area contributed by atoms with Gasteiger partial charge >= 0.3 is 0 Å². The first-order chi connectivity index (χ1) is 11.1. The molecule has 120 valence electrons. The van der Waals surface area contributed by atoms with Crippen molar-refractivity contribution in [1.29, 1.82) is 0 Å². The molecule has 0 aromatic heterocycles. The van der Waals surface area contributed by atoms with E-state index in [-0.39, 0.29) is 0 Å². The molecule has 2 aromatic rings. The lowest BCUT2D eigenvalue weighted by atomic mass is 10.1. The Hall–Kier alpha value is -1.91. The summed E-state index contributed by atoms with van der Waals surface area (Å²) in [5, 5.41) is 0. The van der Waals surface area contributed by atoms with Crippen molar-refractivity contribution in [2.45, 2.75) is 13.5 Å². The van der Waals surface area contributed by atoms with Crippen molar-refractivity contribution in [2.75, 3.05) is 31.1 Å². The lowest BCUT2D eigenvalue weighted by Crippen LogP contribution is -2.46. The van der Waals surface area contributed by atoms with Gasteiger partial charge in [0.05, 0.1) is 0 Å². The SMILES string of the molecule is Cc1cccc(N2CCN(Cc3ccccc3C(N)=S)CC2)c1. The Morgan fingerprint density at radius 2 is 1.78 bits per heavy atom. The predicted octanol–water partition coefficient (Wildman–Crippen LogP) is 2.95. The van der Waals surface area contributed by atoms with Gasteiger partial charge in [-0.3, -0.25) is 4.90 Å². The van der Waals surface area contributed by atoms with Gasteiger partial charge in [-0.2, -0.15) is 0 Å². The van der Waals surface area contributed by atoms with Gasteiger partial charge in [-0.05, 0) is 30.2 Å². The van der Waals surface area contributed by atoms with Crippen LogP contribution in [-0.4, -0.2) is 36.1 Å². The molecule has 3 rings (SSSR count). The van der Waals surface area contributed by atoms with E-state index in [1.165, 1.54) is 16.8 Å². The summed E-state index contributed by atoms with van der Waals surface area (Å²) in [4.78, 5) is 5.42. The topological polar surface area (TPSA) is 32.5 Å². The van der Waals surface area contributed by atoms with Crippen LogP contribution in [0.5, 0.6) is 0 Å². The zero-order valence-corrected chi connectivity index (χ0v) is 14.4. The van der Waals surface area contributed by atoms with Crippen LogP contribution in [0.25, 0.3) is 0 Å². The summed E-state index contributed by atoms with van der Waals surface area (Å²) >= 11 is 5.16. The molecule has 0 aliphatic carbocycles. The number of thiocarbonyl (C=S) groups is 1. The summed E-state index contributed by atoms with van der Waals surface area (Å²) in [6.45, 7) is 7.28. The van der Waals surface area contributed by atoms with E-state index in [0.717, 1.165) is 38.3 Å². The smallest absolute Gasteiger partial charge is 0.104 e. The number of nitrogens with two attached hydrogens (primary N) is 1. The van der Waals surface area contributed by atoms with E-state index in [2.05, 4.69) is 53.1 Å². The molecule has 0 spiro atoms. The third-order valence-electron chi connectivity index (χ3n) is 4.42. The summed E-state index contributed by atoms with van der Waals surface area (Å²) in [6, 6.07) is 16.9. The highest BCUT2D eigenvalue weighted by Gasteiger charge is 2.18. The number of hydrogen-bond acceptors (Lipinski definition) is 3. The molecule has 4 heteroatoms. The van der Waals surface area contributed by atoms with Gasteiger partial charge in [0.2, 0.25) is 0 Å². The zero-order chi connectivity index (χ0) is 16.2. The second kappa shape index (κ2) is 7.11. The van der Waals surface area contributed by atoms with Crippen LogP contribution in [0.1, 0.15) is 16.7 Å². The number of nitrogens with zero attached hydrogens (tertiary/aromatic N) is 2. The van der Waals surface area contributed by atoms with Gasteiger partial charge < -0.3 is 10.6 Å². The molecule has 2 N–H and O–H groups in total. The fraction of sp³-hybridized carbons (Fsp3) is 0.316. The van der Waals surface area contributed by atoms with Crippen LogP contribution in [0, 0.1) is 6.92 Å². The largest absolute Gasteiger partial charge is 0.389 e. The van der Waals surface area contributed by atoms with E-state index >= 15 is 0 Å². The number of anilines is 1. The maximum atomic E-state index is 5.84. The third kappa shape index (κ3) is 3.89. The van der Waals surface area contributed by atoms with Gasteiger partial charge in [-0.15, -0.1) is 0 Å². The maximum Gasteiger partial charge on any atom is 0.104 e. The molecule has 2 aromatic carbocycles. The molecule has 0 amide bonds. The number of hydrogen-bond donors (Lipinski definition) is 1. The first-order valence-electron chi connectivity index (χ1n) is 8.05. The van der Waals surface area contributed by atoms with Crippen molar-refractivity contribution in [3.8, 4) is 0 Å². The molecule has 1 heterocycles. The van der Waals surface area contributed by atoms with Crippen LogP contribution in [0.2, 0.25) is 0 Å². The lowest BCUT2D eigenvalue weighted by molar-refractivity contribution is 0.250. The minimum Gasteiger partial charge on any atom is -0.389 e. The van der Waals surface area contributed by atoms with Gasteiger partial charge in [0.1, 0.15) is 4.99 Å². The van der Waals surface area contributed by atoms with Crippen molar-refractivity contribution in [1.82, 2.24) is 4.90 Å². The van der Waals surface area contributed by atoms with Crippen molar-refractivity contribution >= 4 is 22.9 Å². The van der Waals surface area contributed by atoms with E-state index in [4.69, 9.17) is 18.0 Å². The second-order valence-electron chi connectivity index (χ2n) is 6.12. The van der Waals surface area contributed by atoms with Crippen LogP contribution in [0.4, 0.5) is 5.69 Å². The molecule has 1 aliphatic heterocycles. The molecule has 0 saturated carbocycles. The summed E-state index contributed by atoms with van der Waals surface area (Å²) in [7, 11) is 0. The van der Waals surface area contributed by atoms with Crippen molar-refractivity contribution in [2.24, 2.45) is 5.73 Å². The van der Waals surface area contributed by atoms with Crippen LogP contribution in [-0.2, 0) is 6.54 Å². The predicted molar refractivity (Wildman–Crippen MR) is 101 cm³/mol. The number of piperazine rings is 1. The minimum atomic E-state index is 0.485. The molecule has 0 unspecified atom stereocenters. The van der Waals surface area contributed by atoms with Gasteiger partial charge in [-0.1, -0.05) is 48.6 Å². The first kappa shape index (κ1) is 16.0. The number of aryl methyl sites for hydroxylation is 1. The van der Waals surface area contributed by atoms with Gasteiger partial charge in [-0.25, -0.2) is 0 Å². The van der Waals surface area contributed by atoms with Crippen LogP contribution >= 0.6 is 12.2 Å². The van der Waals surface area contributed by atoms with E-state index in [0.29, 0.717) is 4.99 Å². The molecule has 1 fully saturated rings. The molecule has 3 nitrogen and oxygen atoms in total. The Bertz CT molecular complexity index is 691. The average Bonchev–Trinajstić information content (AvgIpc) is 2.56. The quantitative estimate of drug-likeness (QED) is 0.876. The second-order valence-corrected chi connectivity index (χ2v) is 6.56. The lowest BCUT2D eigenvalue weighted by Gasteiger charge is -2.36. The Morgan fingerprint density at radius 3 is 2.48 bits per heavy atom. The fourth-order valence-corrected chi connectivity index (χ4v) is 3.33. The standard InChI is InChI=1S/C19H23N3S/c1-15-5-4-7-17(13-15)22-11-9-21(10-12-22)14-16-6-2-3-8-18(16)19(20)23/h2-8,13H,9-12,14H2,1H3,(H2,20,23). The summed E-state index contributed by atoms with van der Waals surface area (Å²) < 4.78 is 0. The van der Waals surface area contributed by atoms with E-state index in [1.807, 2.05) is 12.1 Å². The van der Waals surface area contributed by atoms with Crippen molar-refractivity contribution in [3.63, 3.8) is 0 Å². The Labute approximate surface area is 143 Å². The first-order valence-corrected chi connectivity index (χ1v) is 8.46. The maximum absolute atomic E-state index is 5.84. The Morgan fingerprint density at radius 1 is 1.04 bits per heavy atom. The zero-order valence-electron chi connectivity index (χ0n) is 13.5. The third-order valence-corrected chi connectivity index (χ3v) is 4.64. The van der Waals surface area contributed by atoms with E-state index in [1.54, 1.807) is 0 Å². The summed E-state index contributed by atoms with van der Waals surface area (Å²) in [5.74, 6) is 0. The van der Waals surface area contributed by atoms with Crippen LogP contribution in [0.15, 0.2) is 48.5 Å². The molecule has 23 heavy (non-hydrogen) atoms. The highest BCUT2D eigenvalue weighted by molar-refractivity contribution is 7.80. The molecular formula is C19H23N3S. The monoisotopic (exact) mass is 325 g/mol. The number of benzene rings is 2. The van der Waals surface area contributed by atoms with Crippen LogP contribution < -0.4 is 10.6 Å². The van der Waals surface area contributed by atoms with Crippen molar-refractivity contribution in [3.05, 3.63) is 65.2 Å². The summed E-state index contributed by atoms with van der Waals surface area (Å²) in [6.07, 6.45) is 0. The van der Waals surface area contributed by atoms with Gasteiger partial charge in [0.15, 0.2) is 0 Å².